The van der Waals surface area contributed by atoms with Gasteiger partial charge in [-0.05, 0) is 22.0 Å². The standard InChI is InChI=1S/C5H3BrCl2N2/c6-4-2(9)1-3(7)10-5(4)8/h1H,(H2,9,10). The highest BCUT2D eigenvalue weighted by molar-refractivity contribution is 9.10. The third kappa shape index (κ3) is 1.54. The Morgan fingerprint density at radius 3 is 2.60 bits per heavy atom. The Hall–Kier alpha value is 0.01000. The van der Waals surface area contributed by atoms with Crippen molar-refractivity contribution in [3.05, 3.63) is 20.8 Å². The lowest BCUT2D eigenvalue weighted by Crippen LogP contribution is -1.89. The molecule has 0 saturated heterocycles. The van der Waals surface area contributed by atoms with Crippen LogP contribution in [0.1, 0.15) is 0 Å². The van der Waals surface area contributed by atoms with Gasteiger partial charge in [0, 0.05) is 0 Å². The monoisotopic (exact) mass is 240 g/mol. The van der Waals surface area contributed by atoms with Crippen LogP contribution >= 0.6 is 39.1 Å². The molecule has 0 bridgehead atoms. The van der Waals surface area contributed by atoms with Gasteiger partial charge in [0.1, 0.15) is 10.3 Å². The molecule has 0 unspecified atom stereocenters. The summed E-state index contributed by atoms with van der Waals surface area (Å²) in [6.07, 6.45) is 0. The fourth-order valence-corrected chi connectivity index (χ4v) is 1.13. The van der Waals surface area contributed by atoms with Crippen LogP contribution in [0.5, 0.6) is 0 Å². The first-order valence-corrected chi connectivity index (χ1v) is 3.93. The van der Waals surface area contributed by atoms with Gasteiger partial charge < -0.3 is 5.73 Å². The Bertz CT molecular complexity index is 241. The molecule has 0 aliphatic rings. The molecular weight excluding hydrogens is 239 g/mol. The van der Waals surface area contributed by atoms with E-state index in [-0.39, 0.29) is 5.15 Å². The first kappa shape index (κ1) is 8.11. The van der Waals surface area contributed by atoms with Gasteiger partial charge in [0.05, 0.1) is 10.2 Å². The van der Waals surface area contributed by atoms with E-state index in [2.05, 4.69) is 20.9 Å². The Morgan fingerprint density at radius 2 is 2.10 bits per heavy atom. The largest absolute Gasteiger partial charge is 0.398 e. The van der Waals surface area contributed by atoms with Crippen LogP contribution < -0.4 is 5.73 Å². The second-order valence-electron chi connectivity index (χ2n) is 1.64. The van der Waals surface area contributed by atoms with Crippen molar-refractivity contribution in [3.8, 4) is 0 Å². The first-order chi connectivity index (χ1) is 4.61. The van der Waals surface area contributed by atoms with Crippen molar-refractivity contribution in [1.29, 1.82) is 0 Å². The number of hydrogen-bond donors (Lipinski definition) is 1. The molecule has 54 valence electrons. The number of hydrogen-bond acceptors (Lipinski definition) is 2. The van der Waals surface area contributed by atoms with Crippen molar-refractivity contribution in [2.75, 3.05) is 5.73 Å². The van der Waals surface area contributed by atoms with Crippen LogP contribution in [-0.4, -0.2) is 4.98 Å². The number of halogens is 3. The molecule has 0 amide bonds. The average Bonchev–Trinajstić information content (AvgIpc) is 1.82. The van der Waals surface area contributed by atoms with E-state index in [0.29, 0.717) is 15.3 Å². The van der Waals surface area contributed by atoms with Crippen LogP contribution in [0.15, 0.2) is 10.5 Å². The zero-order chi connectivity index (χ0) is 7.72. The molecule has 2 N–H and O–H groups in total. The number of nitrogen functional groups attached to an aromatic ring is 1. The van der Waals surface area contributed by atoms with Crippen LogP contribution in [0.3, 0.4) is 0 Å². The molecule has 0 radical (unpaired) electrons. The molecule has 0 aromatic carbocycles. The zero-order valence-corrected chi connectivity index (χ0v) is 7.83. The number of rotatable bonds is 0. The maximum absolute atomic E-state index is 5.60. The van der Waals surface area contributed by atoms with E-state index < -0.39 is 0 Å². The quantitative estimate of drug-likeness (QED) is 0.710. The number of nitrogens with two attached hydrogens (primary N) is 1. The van der Waals surface area contributed by atoms with Crippen LogP contribution in [0.2, 0.25) is 10.3 Å². The number of aromatic nitrogens is 1. The summed E-state index contributed by atoms with van der Waals surface area (Å²) in [4.78, 5) is 3.74. The highest BCUT2D eigenvalue weighted by Gasteiger charge is 2.03. The lowest BCUT2D eigenvalue weighted by molar-refractivity contribution is 1.31. The van der Waals surface area contributed by atoms with Gasteiger partial charge in [0.15, 0.2) is 0 Å². The fourth-order valence-electron chi connectivity index (χ4n) is 0.486. The van der Waals surface area contributed by atoms with Crippen LogP contribution in [0, 0.1) is 0 Å². The Labute approximate surface area is 76.5 Å². The van der Waals surface area contributed by atoms with Gasteiger partial charge in [-0.15, -0.1) is 0 Å². The molecule has 0 saturated carbocycles. The second-order valence-corrected chi connectivity index (χ2v) is 3.18. The predicted molar refractivity (Wildman–Crippen MR) is 46.4 cm³/mol. The molecule has 1 rings (SSSR count). The van der Waals surface area contributed by atoms with Gasteiger partial charge in [-0.3, -0.25) is 0 Å². The maximum Gasteiger partial charge on any atom is 0.147 e. The molecule has 0 atom stereocenters. The number of pyridine rings is 1. The van der Waals surface area contributed by atoms with Gasteiger partial charge in [0.25, 0.3) is 0 Å². The molecule has 2 nitrogen and oxygen atoms in total. The van der Waals surface area contributed by atoms with Crippen molar-refractivity contribution in [1.82, 2.24) is 4.98 Å². The normalized spacial score (nSPS) is 9.90. The first-order valence-electron chi connectivity index (χ1n) is 2.38. The summed E-state index contributed by atoms with van der Waals surface area (Å²) >= 11 is 14.3. The summed E-state index contributed by atoms with van der Waals surface area (Å²) < 4.78 is 0.582. The molecule has 1 aromatic heterocycles. The van der Waals surface area contributed by atoms with E-state index in [4.69, 9.17) is 28.9 Å². The highest BCUT2D eigenvalue weighted by atomic mass is 79.9. The van der Waals surface area contributed by atoms with E-state index >= 15 is 0 Å². The fraction of sp³-hybridized carbons (Fsp3) is 0. The van der Waals surface area contributed by atoms with Crippen LogP contribution in [0.25, 0.3) is 0 Å². The minimum atomic E-state index is 0.282. The van der Waals surface area contributed by atoms with Gasteiger partial charge in [-0.25, -0.2) is 4.98 Å². The van der Waals surface area contributed by atoms with Crippen LogP contribution in [-0.2, 0) is 0 Å². The predicted octanol–water partition coefficient (Wildman–Crippen LogP) is 2.73. The van der Waals surface area contributed by atoms with E-state index in [0.717, 1.165) is 0 Å². The van der Waals surface area contributed by atoms with Gasteiger partial charge >= 0.3 is 0 Å². The third-order valence-electron chi connectivity index (χ3n) is 0.914. The number of nitrogens with zero attached hydrogens (tertiary/aromatic N) is 1. The summed E-state index contributed by atoms with van der Waals surface area (Å²) in [6, 6.07) is 1.53. The molecule has 0 spiro atoms. The minimum absolute atomic E-state index is 0.282. The SMILES string of the molecule is Nc1cc(Cl)nc(Cl)c1Br. The Balaban J connectivity index is 3.31. The lowest BCUT2D eigenvalue weighted by Gasteiger charge is -1.98. The lowest BCUT2D eigenvalue weighted by atomic mass is 10.4. The number of anilines is 1. The summed E-state index contributed by atoms with van der Waals surface area (Å²) in [7, 11) is 0. The van der Waals surface area contributed by atoms with Crippen molar-refractivity contribution in [2.24, 2.45) is 0 Å². The van der Waals surface area contributed by atoms with E-state index in [1.165, 1.54) is 6.07 Å². The summed E-state index contributed by atoms with van der Waals surface area (Å²) in [5, 5.41) is 0.579. The van der Waals surface area contributed by atoms with E-state index in [1.54, 1.807) is 0 Å². The summed E-state index contributed by atoms with van der Waals surface area (Å²) in [5.41, 5.74) is 5.96. The van der Waals surface area contributed by atoms with Crippen LogP contribution in [0.4, 0.5) is 5.69 Å². The van der Waals surface area contributed by atoms with E-state index in [9.17, 15) is 0 Å². The topological polar surface area (TPSA) is 38.9 Å². The van der Waals surface area contributed by atoms with Gasteiger partial charge in [-0.2, -0.15) is 0 Å². The second kappa shape index (κ2) is 2.95. The smallest absolute Gasteiger partial charge is 0.147 e. The molecule has 5 heteroatoms. The van der Waals surface area contributed by atoms with E-state index in [1.807, 2.05) is 0 Å². The van der Waals surface area contributed by atoms with Crippen molar-refractivity contribution >= 4 is 44.8 Å². The average molecular weight is 242 g/mol. The van der Waals surface area contributed by atoms with Crippen molar-refractivity contribution in [3.63, 3.8) is 0 Å². The minimum Gasteiger partial charge on any atom is -0.398 e. The van der Waals surface area contributed by atoms with Crippen molar-refractivity contribution in [2.45, 2.75) is 0 Å². The third-order valence-corrected chi connectivity index (χ3v) is 2.44. The van der Waals surface area contributed by atoms with Gasteiger partial charge in [0.2, 0.25) is 0 Å². The summed E-state index contributed by atoms with van der Waals surface area (Å²) in [6.45, 7) is 0. The molecule has 1 aromatic rings. The zero-order valence-electron chi connectivity index (χ0n) is 4.74. The molecule has 10 heavy (non-hydrogen) atoms. The van der Waals surface area contributed by atoms with Crippen molar-refractivity contribution < 1.29 is 0 Å². The molecule has 0 fully saturated rings. The Kier molecular flexibility index (Phi) is 2.39. The molecule has 0 aliphatic heterocycles. The van der Waals surface area contributed by atoms with Gasteiger partial charge in [-0.1, -0.05) is 23.2 Å². The highest BCUT2D eigenvalue weighted by Crippen LogP contribution is 2.28. The molecular formula is C5H3BrCl2N2. The Morgan fingerprint density at radius 1 is 1.50 bits per heavy atom. The molecule has 0 aliphatic carbocycles. The maximum atomic E-state index is 5.60. The molecule has 1 heterocycles. The summed E-state index contributed by atoms with van der Waals surface area (Å²) in [5.74, 6) is 0.